The van der Waals surface area contributed by atoms with Gasteiger partial charge in [0.1, 0.15) is 0 Å². The highest BCUT2D eigenvalue weighted by molar-refractivity contribution is 5.77. The molecule has 0 aliphatic carbocycles. The predicted molar refractivity (Wildman–Crippen MR) is 111 cm³/mol. The van der Waals surface area contributed by atoms with Crippen LogP contribution in [0.4, 0.5) is 22.0 Å². The number of quaternary nitrogens is 1. The number of nitrogens with zero attached hydrogens (tertiary/aromatic N) is 1. The second-order valence-corrected chi connectivity index (χ2v) is 8.95. The summed E-state index contributed by atoms with van der Waals surface area (Å²) in [6.45, 7) is -0.151. The van der Waals surface area contributed by atoms with Gasteiger partial charge in [-0.05, 0) is 12.8 Å². The quantitative estimate of drug-likeness (QED) is 0.130. The highest BCUT2D eigenvalue weighted by Crippen LogP contribution is 2.23. The Labute approximate surface area is 190 Å². The van der Waals surface area contributed by atoms with Gasteiger partial charge in [0.2, 0.25) is 11.7 Å². The summed E-state index contributed by atoms with van der Waals surface area (Å²) in [7, 11) is 5.73. The zero-order chi connectivity index (χ0) is 25.2. The van der Waals surface area contributed by atoms with E-state index in [-0.39, 0.29) is 25.4 Å². The number of unbranched alkanes of at least 4 members (excludes halogenated alkanes) is 4. The molecule has 1 amide bonds. The Morgan fingerprint density at radius 2 is 1.39 bits per heavy atom. The molecule has 6 nitrogen and oxygen atoms in total. The van der Waals surface area contributed by atoms with E-state index in [1.807, 2.05) is 21.1 Å². The van der Waals surface area contributed by atoms with Crippen molar-refractivity contribution in [3.63, 3.8) is 0 Å². The number of amides is 1. The summed E-state index contributed by atoms with van der Waals surface area (Å²) < 4.78 is 71.9. The molecule has 0 aliphatic heterocycles. The van der Waals surface area contributed by atoms with Gasteiger partial charge in [-0.1, -0.05) is 19.3 Å². The van der Waals surface area contributed by atoms with Crippen molar-refractivity contribution in [2.24, 2.45) is 0 Å². The lowest BCUT2D eigenvalue weighted by Gasteiger charge is -2.29. The largest absolute Gasteiger partial charge is 0.481 e. The summed E-state index contributed by atoms with van der Waals surface area (Å²) in [6, 6.07) is -0.454. The molecule has 0 bridgehead atoms. The molecular formula is C22H32F5N2O4+. The number of nitrogens with one attached hydrogen (secondary N) is 1. The molecule has 0 spiro atoms. The number of carboxylic acid groups (broad SMARTS) is 1. The first-order valence-corrected chi connectivity index (χ1v) is 10.7. The minimum Gasteiger partial charge on any atom is -0.481 e. The van der Waals surface area contributed by atoms with Crippen molar-refractivity contribution in [1.29, 1.82) is 0 Å². The fourth-order valence-electron chi connectivity index (χ4n) is 3.30. The normalized spacial score (nSPS) is 12.6. The third-order valence-electron chi connectivity index (χ3n) is 4.79. The standard InChI is InChI=1S/C22H31F5N2O4/c1-29(2,3)12-14(11-17(31)32)28-16(30)9-7-5-4-6-8-10-33-13-15-18(23)20(25)22(27)21(26)19(15)24/h14H,4-13H2,1-3H3,(H-,28,30,31,32)/p+1. The Hall–Kier alpha value is -2.27. The average Bonchev–Trinajstić information content (AvgIpc) is 2.69. The van der Waals surface area contributed by atoms with Crippen LogP contribution in [0.15, 0.2) is 0 Å². The summed E-state index contributed by atoms with van der Waals surface area (Å²) in [5.74, 6) is -11.2. The number of hydrogen-bond donors (Lipinski definition) is 2. The van der Waals surface area contributed by atoms with Crippen molar-refractivity contribution in [3.05, 3.63) is 34.6 Å². The fourth-order valence-corrected chi connectivity index (χ4v) is 3.30. The molecule has 1 unspecified atom stereocenters. The van der Waals surface area contributed by atoms with Gasteiger partial charge in [0.25, 0.3) is 0 Å². The molecule has 1 aromatic carbocycles. The maximum Gasteiger partial charge on any atom is 0.305 e. The Kier molecular flexibility index (Phi) is 11.7. The van der Waals surface area contributed by atoms with E-state index in [0.29, 0.717) is 30.3 Å². The third-order valence-corrected chi connectivity index (χ3v) is 4.79. The second-order valence-electron chi connectivity index (χ2n) is 8.95. The first-order chi connectivity index (χ1) is 15.3. The highest BCUT2D eigenvalue weighted by Gasteiger charge is 2.25. The lowest BCUT2D eigenvalue weighted by Crippen LogP contribution is -2.49. The summed E-state index contributed by atoms with van der Waals surface area (Å²) in [6.07, 6.45) is 3.45. The number of carboxylic acids is 1. The van der Waals surface area contributed by atoms with E-state index < -0.39 is 53.3 Å². The van der Waals surface area contributed by atoms with Crippen LogP contribution < -0.4 is 5.32 Å². The van der Waals surface area contributed by atoms with Crippen LogP contribution in [0.25, 0.3) is 0 Å². The molecule has 0 fully saturated rings. The molecule has 1 rings (SSSR count). The minimum atomic E-state index is -2.20. The summed E-state index contributed by atoms with van der Waals surface area (Å²) in [5, 5.41) is 11.8. The van der Waals surface area contributed by atoms with Crippen LogP contribution in [-0.2, 0) is 20.9 Å². The van der Waals surface area contributed by atoms with Crippen molar-refractivity contribution >= 4 is 11.9 Å². The van der Waals surface area contributed by atoms with E-state index in [1.165, 1.54) is 0 Å². The molecule has 0 radical (unpaired) electrons. The van der Waals surface area contributed by atoms with E-state index in [2.05, 4.69) is 5.32 Å². The molecular weight excluding hydrogens is 451 g/mol. The molecule has 0 aliphatic rings. The first kappa shape index (κ1) is 28.8. The Morgan fingerprint density at radius 3 is 1.94 bits per heavy atom. The smallest absolute Gasteiger partial charge is 0.305 e. The summed E-state index contributed by atoms with van der Waals surface area (Å²) >= 11 is 0. The Morgan fingerprint density at radius 1 is 0.879 bits per heavy atom. The molecule has 0 aromatic heterocycles. The number of halogens is 5. The average molecular weight is 483 g/mol. The maximum absolute atomic E-state index is 13.5. The van der Waals surface area contributed by atoms with Crippen molar-refractivity contribution in [2.45, 2.75) is 57.6 Å². The van der Waals surface area contributed by atoms with E-state index in [1.54, 1.807) is 0 Å². The number of aliphatic carboxylic acids is 1. The first-order valence-electron chi connectivity index (χ1n) is 10.7. The zero-order valence-corrected chi connectivity index (χ0v) is 19.2. The van der Waals surface area contributed by atoms with Crippen LogP contribution in [0.2, 0.25) is 0 Å². The molecule has 0 saturated heterocycles. The van der Waals surface area contributed by atoms with E-state index in [0.717, 1.165) is 12.8 Å². The van der Waals surface area contributed by atoms with Crippen molar-refractivity contribution in [3.8, 4) is 0 Å². The van der Waals surface area contributed by atoms with E-state index >= 15 is 0 Å². The number of likely N-dealkylation sites (N-methyl/N-ethyl adjacent to an activating group) is 1. The van der Waals surface area contributed by atoms with Crippen LogP contribution in [-0.4, -0.2) is 61.8 Å². The monoisotopic (exact) mass is 483 g/mol. The van der Waals surface area contributed by atoms with Crippen molar-refractivity contribution in [1.82, 2.24) is 5.32 Å². The summed E-state index contributed by atoms with van der Waals surface area (Å²) in [5.41, 5.74) is -0.996. The molecule has 0 saturated carbocycles. The van der Waals surface area contributed by atoms with Crippen LogP contribution in [0.5, 0.6) is 0 Å². The van der Waals surface area contributed by atoms with Gasteiger partial charge in [-0.15, -0.1) is 0 Å². The molecule has 188 valence electrons. The zero-order valence-electron chi connectivity index (χ0n) is 19.2. The van der Waals surface area contributed by atoms with Gasteiger partial charge in [0.05, 0.1) is 52.3 Å². The number of carbonyl (C=O) groups excluding carboxylic acids is 1. The number of hydrogen-bond acceptors (Lipinski definition) is 3. The highest BCUT2D eigenvalue weighted by atomic mass is 19.2. The molecule has 33 heavy (non-hydrogen) atoms. The van der Waals surface area contributed by atoms with Gasteiger partial charge < -0.3 is 19.6 Å². The summed E-state index contributed by atoms with van der Waals surface area (Å²) in [4.78, 5) is 23.1. The van der Waals surface area contributed by atoms with Gasteiger partial charge in [-0.25, -0.2) is 22.0 Å². The molecule has 2 N–H and O–H groups in total. The van der Waals surface area contributed by atoms with Crippen LogP contribution in [0.1, 0.15) is 50.5 Å². The lowest BCUT2D eigenvalue weighted by atomic mass is 10.1. The van der Waals surface area contributed by atoms with Gasteiger partial charge in [-0.2, -0.15) is 0 Å². The molecule has 1 aromatic rings. The van der Waals surface area contributed by atoms with Gasteiger partial charge in [0.15, 0.2) is 23.3 Å². The topological polar surface area (TPSA) is 75.6 Å². The molecule has 1 atom stereocenters. The Bertz CT molecular complexity index is 786. The number of rotatable bonds is 15. The van der Waals surface area contributed by atoms with Crippen molar-refractivity contribution in [2.75, 3.05) is 34.3 Å². The minimum absolute atomic E-state index is 0.0852. The van der Waals surface area contributed by atoms with Crippen LogP contribution in [0, 0.1) is 29.1 Å². The number of carbonyl (C=O) groups is 2. The van der Waals surface area contributed by atoms with Crippen LogP contribution >= 0.6 is 0 Å². The van der Waals surface area contributed by atoms with E-state index in [4.69, 9.17) is 9.84 Å². The lowest BCUT2D eigenvalue weighted by molar-refractivity contribution is -0.871. The SMILES string of the molecule is C[N+](C)(C)CC(CC(=O)O)NC(=O)CCCCCCCOCc1c(F)c(F)c(F)c(F)c1F. The predicted octanol–water partition coefficient (Wildman–Crippen LogP) is 3.91. The number of ether oxygens (including phenoxy) is 1. The van der Waals surface area contributed by atoms with Gasteiger partial charge in [-0.3, -0.25) is 9.59 Å². The fraction of sp³-hybridized carbons (Fsp3) is 0.636. The van der Waals surface area contributed by atoms with Gasteiger partial charge >= 0.3 is 5.97 Å². The molecule has 11 heteroatoms. The van der Waals surface area contributed by atoms with E-state index in [9.17, 15) is 31.5 Å². The Balaban J connectivity index is 2.23. The molecule has 0 heterocycles. The van der Waals surface area contributed by atoms with Crippen LogP contribution in [0.3, 0.4) is 0 Å². The third kappa shape index (κ3) is 10.5. The maximum atomic E-state index is 13.5. The second kappa shape index (κ2) is 13.4. The van der Waals surface area contributed by atoms with Gasteiger partial charge in [0, 0.05) is 13.0 Å². The number of benzene rings is 1. The van der Waals surface area contributed by atoms with Crippen molar-refractivity contribution < 1.29 is 45.9 Å².